The molecule has 1 fully saturated rings. The van der Waals surface area contributed by atoms with Crippen molar-refractivity contribution in [1.29, 1.82) is 0 Å². The van der Waals surface area contributed by atoms with Gasteiger partial charge in [0, 0.05) is 19.0 Å². The van der Waals surface area contributed by atoms with Gasteiger partial charge in [0.1, 0.15) is 5.82 Å². The van der Waals surface area contributed by atoms with Gasteiger partial charge < -0.3 is 4.90 Å². The molecule has 1 N–H and O–H groups in total. The van der Waals surface area contributed by atoms with Crippen LogP contribution in [0.2, 0.25) is 0 Å². The van der Waals surface area contributed by atoms with Gasteiger partial charge in [0.15, 0.2) is 0 Å². The summed E-state index contributed by atoms with van der Waals surface area (Å²) in [6.07, 6.45) is 4.23. The lowest BCUT2D eigenvalue weighted by Gasteiger charge is -2.24. The van der Waals surface area contributed by atoms with E-state index < -0.39 is 0 Å². The summed E-state index contributed by atoms with van der Waals surface area (Å²) in [4.78, 5) is 18.2. The molecule has 0 aromatic carbocycles. The van der Waals surface area contributed by atoms with Crippen molar-refractivity contribution in [2.24, 2.45) is 0 Å². The Labute approximate surface area is 102 Å². The zero-order valence-electron chi connectivity index (χ0n) is 10.7. The van der Waals surface area contributed by atoms with Crippen molar-refractivity contribution in [2.75, 3.05) is 7.05 Å². The van der Waals surface area contributed by atoms with E-state index in [-0.39, 0.29) is 11.9 Å². The number of aromatic nitrogens is 3. The number of carbonyl (C=O) groups excluding carboxylic acids is 1. The molecule has 1 aromatic heterocycles. The van der Waals surface area contributed by atoms with Crippen molar-refractivity contribution >= 4 is 5.91 Å². The normalized spacial score (nSPS) is 15.3. The maximum atomic E-state index is 12.1. The molecule has 17 heavy (non-hydrogen) atoms. The quantitative estimate of drug-likeness (QED) is 0.849. The summed E-state index contributed by atoms with van der Waals surface area (Å²) >= 11 is 0. The van der Waals surface area contributed by atoms with E-state index in [9.17, 15) is 4.79 Å². The lowest BCUT2D eigenvalue weighted by molar-refractivity contribution is 0.0711. The number of carbonyl (C=O) groups is 1. The standard InChI is InChI=1S/C12H20N4O/c1-4-9(5-2)16(3)12(17)11-13-10(14-15-11)8-6-7-8/h8-9H,4-7H2,1-3H3,(H,13,14,15). The Hall–Kier alpha value is -1.39. The first kappa shape index (κ1) is 12.1. The molecule has 94 valence electrons. The van der Waals surface area contributed by atoms with Gasteiger partial charge in [0.05, 0.1) is 0 Å². The number of aromatic amines is 1. The molecule has 1 amide bonds. The highest BCUT2D eigenvalue weighted by atomic mass is 16.2. The van der Waals surface area contributed by atoms with Crippen molar-refractivity contribution in [3.8, 4) is 0 Å². The average molecular weight is 236 g/mol. The smallest absolute Gasteiger partial charge is 0.293 e. The van der Waals surface area contributed by atoms with E-state index >= 15 is 0 Å². The minimum absolute atomic E-state index is 0.0816. The van der Waals surface area contributed by atoms with Gasteiger partial charge in [-0.3, -0.25) is 9.89 Å². The largest absolute Gasteiger partial charge is 0.336 e. The minimum atomic E-state index is -0.0816. The summed E-state index contributed by atoms with van der Waals surface area (Å²) < 4.78 is 0. The molecule has 0 atom stereocenters. The molecular formula is C12H20N4O. The second-order valence-electron chi connectivity index (χ2n) is 4.70. The third kappa shape index (κ3) is 2.48. The number of nitrogens with zero attached hydrogens (tertiary/aromatic N) is 3. The fourth-order valence-corrected chi connectivity index (χ4v) is 2.07. The van der Waals surface area contributed by atoms with Gasteiger partial charge in [-0.25, -0.2) is 4.98 Å². The van der Waals surface area contributed by atoms with Gasteiger partial charge in [0.2, 0.25) is 5.82 Å². The number of hydrogen-bond donors (Lipinski definition) is 1. The van der Waals surface area contributed by atoms with Crippen molar-refractivity contribution in [3.63, 3.8) is 0 Å². The van der Waals surface area contributed by atoms with Crippen LogP contribution in [-0.2, 0) is 0 Å². The molecule has 0 spiro atoms. The Kier molecular flexibility index (Phi) is 3.45. The van der Waals surface area contributed by atoms with Gasteiger partial charge in [-0.05, 0) is 25.7 Å². The van der Waals surface area contributed by atoms with Crippen molar-refractivity contribution < 1.29 is 4.79 Å². The van der Waals surface area contributed by atoms with Gasteiger partial charge in [-0.15, -0.1) is 5.10 Å². The Morgan fingerprint density at radius 1 is 1.47 bits per heavy atom. The van der Waals surface area contributed by atoms with E-state index in [4.69, 9.17) is 0 Å². The van der Waals surface area contributed by atoms with E-state index in [0.717, 1.165) is 31.5 Å². The first-order valence-corrected chi connectivity index (χ1v) is 6.36. The first-order chi connectivity index (χ1) is 8.17. The van der Waals surface area contributed by atoms with Crippen LogP contribution in [0.5, 0.6) is 0 Å². The molecule has 0 aliphatic heterocycles. The van der Waals surface area contributed by atoms with Crippen LogP contribution in [0.3, 0.4) is 0 Å². The Bertz CT molecular complexity index is 393. The molecule has 0 bridgehead atoms. The van der Waals surface area contributed by atoms with E-state index in [0.29, 0.717) is 11.7 Å². The second kappa shape index (κ2) is 4.85. The Morgan fingerprint density at radius 2 is 2.12 bits per heavy atom. The highest BCUT2D eigenvalue weighted by Gasteiger charge is 2.29. The molecule has 1 aliphatic rings. The summed E-state index contributed by atoms with van der Waals surface area (Å²) in [7, 11) is 1.83. The van der Waals surface area contributed by atoms with Crippen molar-refractivity contribution in [1.82, 2.24) is 20.1 Å². The second-order valence-corrected chi connectivity index (χ2v) is 4.70. The lowest BCUT2D eigenvalue weighted by atomic mass is 10.1. The number of hydrogen-bond acceptors (Lipinski definition) is 3. The molecule has 1 aromatic rings. The molecule has 2 rings (SSSR count). The topological polar surface area (TPSA) is 61.9 Å². The number of amides is 1. The fourth-order valence-electron chi connectivity index (χ4n) is 2.07. The predicted octanol–water partition coefficient (Wildman–Crippen LogP) is 1.94. The van der Waals surface area contributed by atoms with E-state index in [1.807, 2.05) is 7.05 Å². The van der Waals surface area contributed by atoms with Gasteiger partial charge in [-0.1, -0.05) is 13.8 Å². The number of H-pyrrole nitrogens is 1. The zero-order valence-corrected chi connectivity index (χ0v) is 10.7. The average Bonchev–Trinajstić information content (AvgIpc) is 3.08. The molecule has 5 heteroatoms. The van der Waals surface area contributed by atoms with E-state index in [2.05, 4.69) is 29.0 Å². The number of nitrogens with one attached hydrogen (secondary N) is 1. The van der Waals surface area contributed by atoms with Gasteiger partial charge in [-0.2, -0.15) is 0 Å². The Morgan fingerprint density at radius 3 is 2.65 bits per heavy atom. The lowest BCUT2D eigenvalue weighted by Crippen LogP contribution is -2.36. The molecule has 1 aliphatic carbocycles. The van der Waals surface area contributed by atoms with Crippen LogP contribution in [0.1, 0.15) is 61.9 Å². The van der Waals surface area contributed by atoms with Crippen LogP contribution in [0.25, 0.3) is 0 Å². The van der Waals surface area contributed by atoms with Crippen molar-refractivity contribution in [3.05, 3.63) is 11.6 Å². The summed E-state index contributed by atoms with van der Waals surface area (Å²) in [6.45, 7) is 4.18. The van der Waals surface area contributed by atoms with E-state index in [1.54, 1.807) is 4.90 Å². The molecule has 1 heterocycles. The first-order valence-electron chi connectivity index (χ1n) is 6.36. The van der Waals surface area contributed by atoms with Crippen LogP contribution < -0.4 is 0 Å². The van der Waals surface area contributed by atoms with Crippen LogP contribution in [0, 0.1) is 0 Å². The molecule has 1 saturated carbocycles. The van der Waals surface area contributed by atoms with Gasteiger partial charge >= 0.3 is 0 Å². The maximum absolute atomic E-state index is 12.1. The molecule has 5 nitrogen and oxygen atoms in total. The summed E-state index contributed by atoms with van der Waals surface area (Å²) in [5.41, 5.74) is 0. The van der Waals surface area contributed by atoms with Crippen LogP contribution >= 0.6 is 0 Å². The highest BCUT2D eigenvalue weighted by molar-refractivity contribution is 5.90. The molecule has 0 saturated heterocycles. The minimum Gasteiger partial charge on any atom is -0.336 e. The van der Waals surface area contributed by atoms with Crippen molar-refractivity contribution in [2.45, 2.75) is 51.5 Å². The SMILES string of the molecule is CCC(CC)N(C)C(=O)c1n[nH]c(C2CC2)n1. The molecule has 0 radical (unpaired) electrons. The predicted molar refractivity (Wildman–Crippen MR) is 64.8 cm³/mol. The Balaban J connectivity index is 2.06. The van der Waals surface area contributed by atoms with Crippen LogP contribution in [0.15, 0.2) is 0 Å². The highest BCUT2D eigenvalue weighted by Crippen LogP contribution is 2.37. The third-order valence-corrected chi connectivity index (χ3v) is 3.47. The zero-order chi connectivity index (χ0) is 12.4. The fraction of sp³-hybridized carbons (Fsp3) is 0.750. The summed E-state index contributed by atoms with van der Waals surface area (Å²) in [5.74, 6) is 1.59. The van der Waals surface area contributed by atoms with E-state index in [1.165, 1.54) is 0 Å². The molecule has 0 unspecified atom stereocenters. The number of rotatable bonds is 5. The van der Waals surface area contributed by atoms with Gasteiger partial charge in [0.25, 0.3) is 5.91 Å². The summed E-state index contributed by atoms with van der Waals surface area (Å²) in [6, 6.07) is 0.269. The van der Waals surface area contributed by atoms with Crippen LogP contribution in [-0.4, -0.2) is 39.1 Å². The third-order valence-electron chi connectivity index (χ3n) is 3.47. The molecular weight excluding hydrogens is 216 g/mol. The van der Waals surface area contributed by atoms with Crippen LogP contribution in [0.4, 0.5) is 0 Å². The maximum Gasteiger partial charge on any atom is 0.293 e. The monoisotopic (exact) mass is 236 g/mol. The summed E-state index contributed by atoms with van der Waals surface area (Å²) in [5, 5.41) is 6.89.